The van der Waals surface area contributed by atoms with Gasteiger partial charge in [-0.05, 0) is 19.3 Å². The first kappa shape index (κ1) is 9.71. The quantitative estimate of drug-likeness (QED) is 0.806. The van der Waals surface area contributed by atoms with Gasteiger partial charge in [0.15, 0.2) is 0 Å². The molecule has 0 unspecified atom stereocenters. The normalized spacial score (nSPS) is 18.6. The van der Waals surface area contributed by atoms with Gasteiger partial charge in [-0.15, -0.1) is 0 Å². The van der Waals surface area contributed by atoms with E-state index in [0.717, 1.165) is 18.2 Å². The average molecular weight is 258 g/mol. The van der Waals surface area contributed by atoms with Gasteiger partial charge in [-0.25, -0.2) is 0 Å². The Labute approximate surface area is 90.6 Å². The van der Waals surface area contributed by atoms with Gasteiger partial charge in [-0.3, -0.25) is 9.89 Å². The lowest BCUT2D eigenvalue weighted by Crippen LogP contribution is -2.54. The number of hydrogen-bond acceptors (Lipinski definition) is 2. The molecule has 14 heavy (non-hydrogen) atoms. The number of aromatic amines is 1. The predicted molar refractivity (Wildman–Crippen MR) is 56.4 cm³/mol. The number of amides is 1. The highest BCUT2D eigenvalue weighted by Gasteiger charge is 2.37. The minimum Gasteiger partial charge on any atom is -0.346 e. The smallest absolute Gasteiger partial charge is 0.254 e. The second-order valence-corrected chi connectivity index (χ2v) is 4.27. The van der Waals surface area contributed by atoms with Gasteiger partial charge < -0.3 is 5.32 Å². The minimum atomic E-state index is -0.0436. The van der Waals surface area contributed by atoms with Crippen LogP contribution in [-0.4, -0.2) is 27.0 Å². The second kappa shape index (κ2) is 3.73. The van der Waals surface area contributed by atoms with Crippen LogP contribution in [0, 0.1) is 0 Å². The van der Waals surface area contributed by atoms with E-state index < -0.39 is 0 Å². The molecule has 1 aromatic rings. The van der Waals surface area contributed by atoms with Crippen LogP contribution in [0.3, 0.4) is 0 Å². The molecule has 5 heteroatoms. The number of halogens is 1. The maximum Gasteiger partial charge on any atom is 0.254 e. The number of aromatic nitrogens is 2. The summed E-state index contributed by atoms with van der Waals surface area (Å²) in [6.07, 6.45) is 6.45. The van der Waals surface area contributed by atoms with E-state index in [4.69, 9.17) is 0 Å². The van der Waals surface area contributed by atoms with Gasteiger partial charge in [0.2, 0.25) is 0 Å². The Morgan fingerprint density at radius 1 is 1.71 bits per heavy atom. The number of nitrogens with one attached hydrogen (secondary N) is 2. The van der Waals surface area contributed by atoms with Gasteiger partial charge in [-0.1, -0.05) is 15.9 Å². The molecule has 0 bridgehead atoms. The first-order chi connectivity index (χ1) is 6.76. The summed E-state index contributed by atoms with van der Waals surface area (Å²) in [5, 5.41) is 10.2. The fourth-order valence-corrected chi connectivity index (χ4v) is 2.28. The average Bonchev–Trinajstić information content (AvgIpc) is 2.63. The molecule has 0 radical (unpaired) electrons. The van der Waals surface area contributed by atoms with Crippen molar-refractivity contribution in [2.24, 2.45) is 0 Å². The van der Waals surface area contributed by atoms with Crippen LogP contribution in [0.2, 0.25) is 0 Å². The molecule has 4 nitrogen and oxygen atoms in total. The number of rotatable bonds is 3. The molecule has 1 aromatic heterocycles. The zero-order valence-electron chi connectivity index (χ0n) is 7.72. The molecular weight excluding hydrogens is 246 g/mol. The Balaban J connectivity index is 2.01. The third-order valence-electron chi connectivity index (χ3n) is 2.71. The van der Waals surface area contributed by atoms with Gasteiger partial charge >= 0.3 is 0 Å². The number of alkyl halides is 1. The lowest BCUT2D eigenvalue weighted by Gasteiger charge is -2.41. The molecule has 0 spiro atoms. The summed E-state index contributed by atoms with van der Waals surface area (Å²) in [4.78, 5) is 11.7. The van der Waals surface area contributed by atoms with Crippen molar-refractivity contribution < 1.29 is 4.79 Å². The fraction of sp³-hybridized carbons (Fsp3) is 0.556. The molecule has 2 rings (SSSR count). The third kappa shape index (κ3) is 1.68. The Bertz CT molecular complexity index is 313. The SMILES string of the molecule is O=C(NC1(CBr)CCC1)c1cn[nH]c1. The molecule has 1 fully saturated rings. The molecule has 76 valence electrons. The monoisotopic (exact) mass is 257 g/mol. The van der Waals surface area contributed by atoms with Gasteiger partial charge in [0.05, 0.1) is 17.3 Å². The second-order valence-electron chi connectivity index (χ2n) is 3.71. The molecule has 1 heterocycles. The Hall–Kier alpha value is -0.840. The van der Waals surface area contributed by atoms with Crippen molar-refractivity contribution in [3.05, 3.63) is 18.0 Å². The van der Waals surface area contributed by atoms with Crippen molar-refractivity contribution in [1.29, 1.82) is 0 Å². The van der Waals surface area contributed by atoms with Gasteiger partial charge in [0.25, 0.3) is 5.91 Å². The van der Waals surface area contributed by atoms with E-state index >= 15 is 0 Å². The molecule has 1 aliphatic carbocycles. The van der Waals surface area contributed by atoms with Crippen LogP contribution in [0.4, 0.5) is 0 Å². The molecule has 2 N–H and O–H groups in total. The van der Waals surface area contributed by atoms with Crippen molar-refractivity contribution in [2.45, 2.75) is 24.8 Å². The Morgan fingerprint density at radius 2 is 2.50 bits per heavy atom. The van der Waals surface area contributed by atoms with E-state index in [1.807, 2.05) is 0 Å². The van der Waals surface area contributed by atoms with Gasteiger partial charge in [-0.2, -0.15) is 5.10 Å². The van der Waals surface area contributed by atoms with Crippen molar-refractivity contribution >= 4 is 21.8 Å². The number of carbonyl (C=O) groups excluding carboxylic acids is 1. The van der Waals surface area contributed by atoms with Crippen LogP contribution in [0.15, 0.2) is 12.4 Å². The molecule has 0 aliphatic heterocycles. The van der Waals surface area contributed by atoms with Crippen molar-refractivity contribution in [3.63, 3.8) is 0 Å². The number of carbonyl (C=O) groups is 1. The summed E-state index contributed by atoms with van der Waals surface area (Å²) in [6, 6.07) is 0. The van der Waals surface area contributed by atoms with Gasteiger partial charge in [0, 0.05) is 11.5 Å². The summed E-state index contributed by atoms with van der Waals surface area (Å²) >= 11 is 3.44. The topological polar surface area (TPSA) is 57.8 Å². The molecule has 1 amide bonds. The highest BCUT2D eigenvalue weighted by atomic mass is 79.9. The minimum absolute atomic E-state index is 0.0195. The van der Waals surface area contributed by atoms with E-state index in [-0.39, 0.29) is 11.4 Å². The lowest BCUT2D eigenvalue weighted by molar-refractivity contribution is 0.0856. The summed E-state index contributed by atoms with van der Waals surface area (Å²) in [5.74, 6) is -0.0436. The fourth-order valence-electron chi connectivity index (χ4n) is 1.58. The van der Waals surface area contributed by atoms with Crippen molar-refractivity contribution in [3.8, 4) is 0 Å². The first-order valence-corrected chi connectivity index (χ1v) is 5.75. The van der Waals surface area contributed by atoms with Crippen LogP contribution in [0.5, 0.6) is 0 Å². The van der Waals surface area contributed by atoms with E-state index in [2.05, 4.69) is 31.4 Å². The number of hydrogen-bond donors (Lipinski definition) is 2. The lowest BCUT2D eigenvalue weighted by atomic mass is 9.78. The summed E-state index contributed by atoms with van der Waals surface area (Å²) < 4.78 is 0. The maximum absolute atomic E-state index is 11.7. The molecule has 0 atom stereocenters. The zero-order chi connectivity index (χ0) is 10.0. The molecular formula is C9H12BrN3O. The maximum atomic E-state index is 11.7. The van der Waals surface area contributed by atoms with Crippen molar-refractivity contribution in [2.75, 3.05) is 5.33 Å². The van der Waals surface area contributed by atoms with Crippen LogP contribution in [0.25, 0.3) is 0 Å². The summed E-state index contributed by atoms with van der Waals surface area (Å²) in [5.41, 5.74) is 0.575. The van der Waals surface area contributed by atoms with Crippen molar-refractivity contribution in [1.82, 2.24) is 15.5 Å². The third-order valence-corrected chi connectivity index (χ3v) is 3.78. The van der Waals surface area contributed by atoms with Crippen LogP contribution in [0.1, 0.15) is 29.6 Å². The Morgan fingerprint density at radius 3 is 2.93 bits per heavy atom. The van der Waals surface area contributed by atoms with E-state index in [1.54, 1.807) is 6.20 Å². The Kier molecular flexibility index (Phi) is 2.58. The molecule has 0 saturated heterocycles. The first-order valence-electron chi connectivity index (χ1n) is 4.63. The number of nitrogens with zero attached hydrogens (tertiary/aromatic N) is 1. The van der Waals surface area contributed by atoms with E-state index in [1.165, 1.54) is 12.6 Å². The van der Waals surface area contributed by atoms with Crippen LogP contribution < -0.4 is 5.32 Å². The molecule has 1 aliphatic rings. The van der Waals surface area contributed by atoms with E-state index in [9.17, 15) is 4.79 Å². The van der Waals surface area contributed by atoms with E-state index in [0.29, 0.717) is 5.56 Å². The zero-order valence-corrected chi connectivity index (χ0v) is 9.30. The van der Waals surface area contributed by atoms with Gasteiger partial charge in [0.1, 0.15) is 0 Å². The summed E-state index contributed by atoms with van der Waals surface area (Å²) in [7, 11) is 0. The standard InChI is InChI=1S/C9H12BrN3O/c10-6-9(2-1-3-9)13-8(14)7-4-11-12-5-7/h4-5H,1-3,6H2,(H,11,12)(H,13,14). The highest BCUT2D eigenvalue weighted by Crippen LogP contribution is 2.33. The highest BCUT2D eigenvalue weighted by molar-refractivity contribution is 9.09. The largest absolute Gasteiger partial charge is 0.346 e. The molecule has 0 aromatic carbocycles. The predicted octanol–water partition coefficient (Wildman–Crippen LogP) is 1.46. The van der Waals surface area contributed by atoms with Crippen LogP contribution >= 0.6 is 15.9 Å². The molecule has 1 saturated carbocycles. The number of H-pyrrole nitrogens is 1. The summed E-state index contributed by atoms with van der Waals surface area (Å²) in [6.45, 7) is 0. The van der Waals surface area contributed by atoms with Crippen LogP contribution in [-0.2, 0) is 0 Å².